The van der Waals surface area contributed by atoms with Gasteiger partial charge in [-0.3, -0.25) is 37.3 Å². The zero-order valence-electron chi connectivity index (χ0n) is 63.9. The van der Waals surface area contributed by atoms with Crippen LogP contribution in [0.1, 0.15) is 374 Å². The molecule has 5 atom stereocenters. The van der Waals surface area contributed by atoms with Gasteiger partial charge in [0.25, 0.3) is 0 Å². The summed E-state index contributed by atoms with van der Waals surface area (Å²) in [5.74, 6) is -2.21. The van der Waals surface area contributed by atoms with Crippen LogP contribution >= 0.6 is 15.6 Å². The normalized spacial score (nSPS) is 14.2. The molecule has 3 N–H and O–H groups in total. The van der Waals surface area contributed by atoms with E-state index in [0.29, 0.717) is 32.1 Å². The molecule has 0 spiro atoms. The van der Waals surface area contributed by atoms with Gasteiger partial charge in [0, 0.05) is 25.7 Å². The highest BCUT2D eigenvalue weighted by molar-refractivity contribution is 7.47. The van der Waals surface area contributed by atoms with Crippen molar-refractivity contribution < 1.29 is 80.2 Å². The third-order valence-electron chi connectivity index (χ3n) is 17.5. The fourth-order valence-corrected chi connectivity index (χ4v) is 12.8. The number of ether oxygens (including phenoxy) is 4. The number of hydrogen-bond acceptors (Lipinski definition) is 15. The van der Waals surface area contributed by atoms with E-state index in [1.54, 1.807) is 0 Å². The molecule has 0 saturated heterocycles. The van der Waals surface area contributed by atoms with Crippen LogP contribution in [0.2, 0.25) is 0 Å². The number of carbonyl (C=O) groups excluding carboxylic acids is 4. The molecule has 0 aliphatic carbocycles. The Morgan fingerprint density at radius 1 is 0.280 bits per heavy atom. The molecule has 0 radical (unpaired) electrons. The Hall–Kier alpha value is -3.24. The maximum atomic E-state index is 13.1. The van der Waals surface area contributed by atoms with Crippen LogP contribution in [-0.4, -0.2) is 96.7 Å². The fraction of sp³-hybridized carbons (Fsp3) is 0.827. The number of rotatable bonds is 77. The molecule has 100 heavy (non-hydrogen) atoms. The fourth-order valence-electron chi connectivity index (χ4n) is 11.3. The van der Waals surface area contributed by atoms with Crippen LogP contribution in [0, 0.1) is 0 Å². The first-order valence-electron chi connectivity index (χ1n) is 40.5. The molecule has 0 aliphatic heterocycles. The molecule has 0 saturated carbocycles. The molecular formula is C81H148O17P2. The summed E-state index contributed by atoms with van der Waals surface area (Å²) in [7, 11) is -9.96. The second-order valence-corrected chi connectivity index (χ2v) is 30.3. The molecule has 0 aromatic carbocycles. The smallest absolute Gasteiger partial charge is 0.462 e. The van der Waals surface area contributed by atoms with Crippen molar-refractivity contribution in [2.45, 2.75) is 393 Å². The first kappa shape index (κ1) is 96.8. The van der Waals surface area contributed by atoms with Crippen LogP contribution < -0.4 is 0 Å². The van der Waals surface area contributed by atoms with Crippen molar-refractivity contribution >= 4 is 39.5 Å². The summed E-state index contributed by atoms with van der Waals surface area (Å²) in [5, 5.41) is 10.6. The van der Waals surface area contributed by atoms with Gasteiger partial charge in [-0.05, 0) is 89.9 Å². The van der Waals surface area contributed by atoms with E-state index < -0.39 is 97.5 Å². The average molecular weight is 1460 g/mol. The minimum absolute atomic E-state index is 0.0214. The molecule has 17 nitrogen and oxygen atoms in total. The van der Waals surface area contributed by atoms with Crippen molar-refractivity contribution in [2.75, 3.05) is 39.6 Å². The standard InChI is InChI=1S/C81H148O17P2/c1-5-9-13-17-21-25-29-33-36-37-40-44-48-52-56-60-64-68-81(86)98-76(71-91-78(83)65-61-57-53-49-45-41-32-28-24-20-16-12-8-4)73-95-99(87,88)93-69-75(82)70-94-100(89,90)96-74-77(97-80(85)67-63-59-55-51-47-43-39-35-31-27-23-19-15-11-7-3)72-92-79(84)66-62-58-54-50-46-42-38-34-30-26-22-18-14-10-6-2/h21,25,28,32-33,36,40,44,52,56,75-77,82H,5-20,22-24,26-27,29-31,34-35,37-39,41-43,45-51,53-55,57-74H2,1-4H3,(H,87,88)(H,89,90)/b25-21-,32-28-,36-33-,44-40-,56-52-/t75-,76-,77-/m1/s1. The summed E-state index contributed by atoms with van der Waals surface area (Å²) < 4.78 is 68.6. The average Bonchev–Trinajstić information content (AvgIpc) is 1.13. The van der Waals surface area contributed by atoms with Crippen molar-refractivity contribution in [3.8, 4) is 0 Å². The second-order valence-electron chi connectivity index (χ2n) is 27.4. The lowest BCUT2D eigenvalue weighted by Crippen LogP contribution is -2.30. The Morgan fingerprint density at radius 2 is 0.500 bits per heavy atom. The Morgan fingerprint density at radius 3 is 0.830 bits per heavy atom. The quantitative estimate of drug-likeness (QED) is 0.0169. The molecule has 0 aromatic heterocycles. The third kappa shape index (κ3) is 73.1. The molecular weight excluding hydrogens is 1310 g/mol. The zero-order chi connectivity index (χ0) is 73.2. The topological polar surface area (TPSA) is 237 Å². The molecule has 2 unspecified atom stereocenters. The minimum atomic E-state index is -4.98. The number of esters is 4. The summed E-state index contributed by atoms with van der Waals surface area (Å²) in [5.41, 5.74) is 0. The van der Waals surface area contributed by atoms with Crippen LogP contribution in [0.15, 0.2) is 60.8 Å². The molecule has 0 aliphatic rings. The largest absolute Gasteiger partial charge is 0.472 e. The number of carbonyl (C=O) groups is 4. The minimum Gasteiger partial charge on any atom is -0.462 e. The third-order valence-corrected chi connectivity index (χ3v) is 19.4. The van der Waals surface area contributed by atoms with Gasteiger partial charge in [0.05, 0.1) is 26.4 Å². The highest BCUT2D eigenvalue weighted by Crippen LogP contribution is 2.45. The molecule has 19 heteroatoms. The van der Waals surface area contributed by atoms with E-state index in [0.717, 1.165) is 109 Å². The lowest BCUT2D eigenvalue weighted by Gasteiger charge is -2.21. The maximum Gasteiger partial charge on any atom is 0.472 e. The summed E-state index contributed by atoms with van der Waals surface area (Å²) in [4.78, 5) is 73.0. The Balaban J connectivity index is 5.37. The van der Waals surface area contributed by atoms with E-state index in [9.17, 15) is 43.2 Å². The van der Waals surface area contributed by atoms with Gasteiger partial charge in [-0.25, -0.2) is 9.13 Å². The molecule has 0 fully saturated rings. The summed E-state index contributed by atoms with van der Waals surface area (Å²) >= 11 is 0. The highest BCUT2D eigenvalue weighted by Gasteiger charge is 2.30. The van der Waals surface area contributed by atoms with Gasteiger partial charge < -0.3 is 33.8 Å². The van der Waals surface area contributed by atoms with E-state index in [-0.39, 0.29) is 25.7 Å². The van der Waals surface area contributed by atoms with Crippen LogP contribution in [-0.2, 0) is 65.4 Å². The summed E-state index contributed by atoms with van der Waals surface area (Å²) in [6, 6.07) is 0. The molecule has 584 valence electrons. The second kappa shape index (κ2) is 74.0. The van der Waals surface area contributed by atoms with E-state index in [4.69, 9.17) is 37.0 Å². The van der Waals surface area contributed by atoms with Crippen molar-refractivity contribution in [3.05, 3.63) is 60.8 Å². The van der Waals surface area contributed by atoms with Crippen LogP contribution in [0.3, 0.4) is 0 Å². The van der Waals surface area contributed by atoms with Crippen molar-refractivity contribution in [2.24, 2.45) is 0 Å². The number of hydrogen-bond donors (Lipinski definition) is 3. The monoisotopic (exact) mass is 1460 g/mol. The predicted molar refractivity (Wildman–Crippen MR) is 409 cm³/mol. The lowest BCUT2D eigenvalue weighted by molar-refractivity contribution is -0.161. The molecule has 0 amide bonds. The van der Waals surface area contributed by atoms with E-state index in [1.807, 2.05) is 12.2 Å². The van der Waals surface area contributed by atoms with Gasteiger partial charge in [0.15, 0.2) is 12.2 Å². The van der Waals surface area contributed by atoms with Crippen LogP contribution in [0.5, 0.6) is 0 Å². The lowest BCUT2D eigenvalue weighted by atomic mass is 10.0. The summed E-state index contributed by atoms with van der Waals surface area (Å²) in [6.07, 6.45) is 73.4. The van der Waals surface area contributed by atoms with Gasteiger partial charge in [0.1, 0.15) is 19.3 Å². The number of unbranched alkanes of at least 4 members (excludes halogenated alkanes) is 41. The van der Waals surface area contributed by atoms with Gasteiger partial charge in [0.2, 0.25) is 0 Å². The van der Waals surface area contributed by atoms with Crippen LogP contribution in [0.4, 0.5) is 0 Å². The van der Waals surface area contributed by atoms with E-state index in [2.05, 4.69) is 76.3 Å². The van der Waals surface area contributed by atoms with Gasteiger partial charge >= 0.3 is 39.5 Å². The molecule has 0 heterocycles. The SMILES string of the molecule is CCCCC/C=C\C/C=C\C/C=C\C/C=C\CCCC(=O)O[C@H](COC(=O)CCCCCCC/C=C\CCCCCC)COP(=O)(O)OC[C@@H](O)COP(=O)(O)OC[C@@H](COC(=O)CCCCCCCCCCCCCCCCC)OC(=O)CCCCCCCCCCCCCCCCC. The number of aliphatic hydroxyl groups excluding tert-OH is 1. The van der Waals surface area contributed by atoms with Crippen molar-refractivity contribution in [3.63, 3.8) is 0 Å². The number of aliphatic hydroxyl groups is 1. The predicted octanol–water partition coefficient (Wildman–Crippen LogP) is 23.5. The van der Waals surface area contributed by atoms with E-state index >= 15 is 0 Å². The first-order chi connectivity index (χ1) is 48.7. The Labute approximate surface area is 610 Å². The number of allylic oxidation sites excluding steroid dienone is 10. The molecule has 0 aromatic rings. The van der Waals surface area contributed by atoms with Gasteiger partial charge in [-0.15, -0.1) is 0 Å². The highest BCUT2D eigenvalue weighted by atomic mass is 31.2. The first-order valence-corrected chi connectivity index (χ1v) is 43.5. The zero-order valence-corrected chi connectivity index (χ0v) is 65.7. The number of phosphoric ester groups is 2. The molecule has 0 bridgehead atoms. The molecule has 0 rings (SSSR count). The van der Waals surface area contributed by atoms with Crippen LogP contribution in [0.25, 0.3) is 0 Å². The maximum absolute atomic E-state index is 13.1. The van der Waals surface area contributed by atoms with Gasteiger partial charge in [-0.2, -0.15) is 0 Å². The Kier molecular flexibility index (Phi) is 71.6. The van der Waals surface area contributed by atoms with Crippen molar-refractivity contribution in [1.29, 1.82) is 0 Å². The summed E-state index contributed by atoms with van der Waals surface area (Å²) in [6.45, 7) is 4.84. The Bertz CT molecular complexity index is 2130. The van der Waals surface area contributed by atoms with Gasteiger partial charge in [-0.1, -0.05) is 320 Å². The van der Waals surface area contributed by atoms with E-state index in [1.165, 1.54) is 180 Å². The van der Waals surface area contributed by atoms with Crippen molar-refractivity contribution in [1.82, 2.24) is 0 Å². The number of phosphoric acid groups is 2.